The third-order valence-corrected chi connectivity index (χ3v) is 3.62. The second-order valence-electron chi connectivity index (χ2n) is 5.04. The van der Waals surface area contributed by atoms with E-state index in [0.717, 1.165) is 5.56 Å². The highest BCUT2D eigenvalue weighted by Gasteiger charge is 2.70. The lowest BCUT2D eigenvalue weighted by atomic mass is 9.87. The van der Waals surface area contributed by atoms with Crippen LogP contribution in [0, 0.1) is 13.8 Å². The van der Waals surface area contributed by atoms with E-state index < -0.39 is 11.2 Å². The van der Waals surface area contributed by atoms with E-state index in [4.69, 9.17) is 9.47 Å². The fourth-order valence-corrected chi connectivity index (χ4v) is 2.40. The molecule has 0 aromatic heterocycles. The molecule has 0 aliphatic carbocycles. The molecular formula is C14H18O3. The first-order valence-electron chi connectivity index (χ1n) is 5.71. The van der Waals surface area contributed by atoms with Crippen LogP contribution in [0.5, 0.6) is 0 Å². The molecule has 2 atom stereocenters. The maximum atomic E-state index is 11.7. The Morgan fingerprint density at radius 2 is 1.71 bits per heavy atom. The van der Waals surface area contributed by atoms with Gasteiger partial charge in [0.1, 0.15) is 5.60 Å². The quantitative estimate of drug-likeness (QED) is 0.583. The van der Waals surface area contributed by atoms with Gasteiger partial charge in [0.2, 0.25) is 0 Å². The number of rotatable bonds is 2. The fraction of sp³-hybridized carbons (Fsp3) is 0.500. The molecule has 0 spiro atoms. The maximum absolute atomic E-state index is 11.7. The van der Waals surface area contributed by atoms with Crippen molar-refractivity contribution >= 4 is 5.97 Å². The summed E-state index contributed by atoms with van der Waals surface area (Å²) in [5.41, 5.74) is 1.94. The Balaban J connectivity index is 2.39. The average molecular weight is 234 g/mol. The first-order valence-corrected chi connectivity index (χ1v) is 5.71. The number of esters is 1. The lowest BCUT2D eigenvalue weighted by Gasteiger charge is -2.13. The Morgan fingerprint density at radius 1 is 1.18 bits per heavy atom. The highest BCUT2D eigenvalue weighted by Crippen LogP contribution is 2.56. The standard InChI is InChI=1S/C14H18O3/c1-9-6-10(2)8-11(7-9)13(3)14(4,17-13)12(15)16-5/h6-8H,1-5H3. The average Bonchev–Trinajstić information content (AvgIpc) is 2.82. The van der Waals surface area contributed by atoms with Gasteiger partial charge in [0.25, 0.3) is 0 Å². The number of carbonyl (C=O) groups excluding carboxylic acids is 1. The number of ether oxygens (including phenoxy) is 2. The third-order valence-electron chi connectivity index (χ3n) is 3.62. The number of aryl methyl sites for hydroxylation is 2. The summed E-state index contributed by atoms with van der Waals surface area (Å²) >= 11 is 0. The van der Waals surface area contributed by atoms with E-state index >= 15 is 0 Å². The van der Waals surface area contributed by atoms with Crippen molar-refractivity contribution < 1.29 is 14.3 Å². The minimum atomic E-state index is -0.859. The van der Waals surface area contributed by atoms with E-state index in [2.05, 4.69) is 18.2 Å². The van der Waals surface area contributed by atoms with Gasteiger partial charge in [-0.1, -0.05) is 29.3 Å². The van der Waals surface area contributed by atoms with Crippen LogP contribution in [0.3, 0.4) is 0 Å². The molecule has 1 aliphatic heterocycles. The van der Waals surface area contributed by atoms with Gasteiger partial charge in [-0.2, -0.15) is 0 Å². The van der Waals surface area contributed by atoms with Gasteiger partial charge in [-0.3, -0.25) is 0 Å². The molecular weight excluding hydrogens is 216 g/mol. The van der Waals surface area contributed by atoms with Gasteiger partial charge in [-0.05, 0) is 33.3 Å². The van der Waals surface area contributed by atoms with Gasteiger partial charge in [0.15, 0.2) is 5.60 Å². The molecule has 1 fully saturated rings. The van der Waals surface area contributed by atoms with Crippen LogP contribution in [0.4, 0.5) is 0 Å². The summed E-state index contributed by atoms with van der Waals surface area (Å²) in [6.07, 6.45) is 0. The Morgan fingerprint density at radius 3 is 2.18 bits per heavy atom. The van der Waals surface area contributed by atoms with Gasteiger partial charge in [-0.15, -0.1) is 0 Å². The number of methoxy groups -OCH3 is 1. The van der Waals surface area contributed by atoms with Crippen molar-refractivity contribution in [2.24, 2.45) is 0 Å². The van der Waals surface area contributed by atoms with Gasteiger partial charge in [0, 0.05) is 0 Å². The number of epoxide rings is 1. The van der Waals surface area contributed by atoms with E-state index in [-0.39, 0.29) is 5.97 Å². The summed E-state index contributed by atoms with van der Waals surface area (Å²) in [5.74, 6) is -0.320. The summed E-state index contributed by atoms with van der Waals surface area (Å²) in [6.45, 7) is 7.78. The Labute approximate surface area is 102 Å². The highest BCUT2D eigenvalue weighted by atomic mass is 16.7. The van der Waals surface area contributed by atoms with Crippen molar-refractivity contribution in [1.29, 1.82) is 0 Å². The van der Waals surface area contributed by atoms with Gasteiger partial charge >= 0.3 is 5.97 Å². The van der Waals surface area contributed by atoms with Crippen LogP contribution in [0.15, 0.2) is 18.2 Å². The van der Waals surface area contributed by atoms with Gasteiger partial charge in [0.05, 0.1) is 7.11 Å². The van der Waals surface area contributed by atoms with Crippen molar-refractivity contribution in [3.05, 3.63) is 34.9 Å². The molecule has 1 aromatic rings. The second-order valence-corrected chi connectivity index (χ2v) is 5.04. The van der Waals surface area contributed by atoms with E-state index in [0.29, 0.717) is 0 Å². The van der Waals surface area contributed by atoms with Crippen molar-refractivity contribution in [2.75, 3.05) is 7.11 Å². The molecule has 3 heteroatoms. The monoisotopic (exact) mass is 234 g/mol. The summed E-state index contributed by atoms with van der Waals surface area (Å²) in [7, 11) is 1.39. The van der Waals surface area contributed by atoms with Crippen LogP contribution >= 0.6 is 0 Å². The maximum Gasteiger partial charge on any atom is 0.341 e. The summed E-state index contributed by atoms with van der Waals surface area (Å²) in [5, 5.41) is 0. The zero-order chi connectivity index (χ0) is 12.8. The molecule has 0 bridgehead atoms. The fourth-order valence-electron chi connectivity index (χ4n) is 2.40. The zero-order valence-electron chi connectivity index (χ0n) is 11.0. The minimum absolute atomic E-state index is 0.320. The predicted octanol–water partition coefficient (Wildman–Crippen LogP) is 2.48. The number of carbonyl (C=O) groups is 1. The SMILES string of the molecule is COC(=O)C1(C)OC1(C)c1cc(C)cc(C)c1. The van der Waals surface area contributed by atoms with E-state index in [1.165, 1.54) is 18.2 Å². The molecule has 0 radical (unpaired) electrons. The molecule has 92 valence electrons. The lowest BCUT2D eigenvalue weighted by Crippen LogP contribution is -2.29. The molecule has 0 N–H and O–H groups in total. The third kappa shape index (κ3) is 1.65. The van der Waals surface area contributed by atoms with Crippen LogP contribution in [-0.2, 0) is 19.9 Å². The minimum Gasteiger partial charge on any atom is -0.467 e. The van der Waals surface area contributed by atoms with Crippen LogP contribution in [0.1, 0.15) is 30.5 Å². The van der Waals surface area contributed by atoms with E-state index in [1.807, 2.05) is 20.8 Å². The molecule has 1 aliphatic rings. The molecule has 2 rings (SSSR count). The van der Waals surface area contributed by atoms with Crippen LogP contribution in [0.25, 0.3) is 0 Å². The molecule has 0 amide bonds. The molecule has 1 aromatic carbocycles. The van der Waals surface area contributed by atoms with Gasteiger partial charge < -0.3 is 9.47 Å². The normalized spacial score (nSPS) is 31.1. The van der Waals surface area contributed by atoms with Crippen LogP contribution < -0.4 is 0 Å². The summed E-state index contributed by atoms with van der Waals surface area (Å²) in [4.78, 5) is 11.7. The van der Waals surface area contributed by atoms with Crippen LogP contribution in [0.2, 0.25) is 0 Å². The molecule has 1 saturated heterocycles. The first-order chi connectivity index (χ1) is 7.83. The van der Waals surface area contributed by atoms with E-state index in [1.54, 1.807) is 6.92 Å². The van der Waals surface area contributed by atoms with Crippen molar-refractivity contribution in [3.63, 3.8) is 0 Å². The highest BCUT2D eigenvalue weighted by molar-refractivity contribution is 5.84. The van der Waals surface area contributed by atoms with Gasteiger partial charge in [-0.25, -0.2) is 4.79 Å². The molecule has 1 heterocycles. The van der Waals surface area contributed by atoms with Crippen molar-refractivity contribution in [2.45, 2.75) is 38.9 Å². The van der Waals surface area contributed by atoms with E-state index in [9.17, 15) is 4.79 Å². The Kier molecular flexibility index (Phi) is 2.54. The zero-order valence-corrected chi connectivity index (χ0v) is 11.0. The predicted molar refractivity (Wildman–Crippen MR) is 64.8 cm³/mol. The molecule has 0 saturated carbocycles. The molecule has 17 heavy (non-hydrogen) atoms. The smallest absolute Gasteiger partial charge is 0.341 e. The number of benzene rings is 1. The second kappa shape index (κ2) is 3.57. The number of hydrogen-bond acceptors (Lipinski definition) is 3. The Bertz CT molecular complexity index is 460. The summed E-state index contributed by atoms with van der Waals surface area (Å²) < 4.78 is 10.5. The molecule has 2 unspecified atom stereocenters. The largest absolute Gasteiger partial charge is 0.467 e. The molecule has 3 nitrogen and oxygen atoms in total. The summed E-state index contributed by atoms with van der Waals surface area (Å²) in [6, 6.07) is 6.22. The Hall–Kier alpha value is -1.35. The number of hydrogen-bond donors (Lipinski definition) is 0. The topological polar surface area (TPSA) is 38.8 Å². The van der Waals surface area contributed by atoms with Crippen LogP contribution in [-0.4, -0.2) is 18.7 Å². The first kappa shape index (κ1) is 12.1. The van der Waals surface area contributed by atoms with Crippen molar-refractivity contribution in [1.82, 2.24) is 0 Å². The van der Waals surface area contributed by atoms with Crippen molar-refractivity contribution in [3.8, 4) is 0 Å². The lowest BCUT2D eigenvalue weighted by molar-refractivity contribution is -0.146.